The van der Waals surface area contributed by atoms with Gasteiger partial charge in [0.1, 0.15) is 11.3 Å². The lowest BCUT2D eigenvalue weighted by Crippen LogP contribution is -2.36. The van der Waals surface area contributed by atoms with Gasteiger partial charge in [-0.05, 0) is 61.0 Å². The molecule has 51 heavy (non-hydrogen) atoms. The Balaban J connectivity index is 0.915. The zero-order valence-electron chi connectivity index (χ0n) is 27.3. The predicted molar refractivity (Wildman–Crippen MR) is 207 cm³/mol. The minimum Gasteiger partial charge on any atom is -0.872 e. The quantitative estimate of drug-likeness (QED) is 0.0318. The van der Waals surface area contributed by atoms with Crippen LogP contribution in [0, 0.1) is 0 Å². The molecule has 1 aliphatic carbocycles. The molecule has 2 saturated heterocycles. The molecule has 3 unspecified atom stereocenters. The van der Waals surface area contributed by atoms with Gasteiger partial charge in [0.2, 0.25) is 5.91 Å². The number of urea groups is 1. The van der Waals surface area contributed by atoms with Crippen LogP contribution >= 0.6 is 45.6 Å². The van der Waals surface area contributed by atoms with E-state index in [1.807, 2.05) is 11.8 Å². The van der Waals surface area contributed by atoms with Crippen LogP contribution in [-0.4, -0.2) is 75.8 Å². The molecule has 12 nitrogen and oxygen atoms in total. The SMILES string of the molecule is O=C(CCCCC1SCC2NC(=O)NC21)NCCSSCCNC(=S)Nc1ccc(-c2c3ccc(=O)cc-3oc3cc([O-])ccc23)c(C(=O)O)c1. The van der Waals surface area contributed by atoms with Crippen LogP contribution in [0.2, 0.25) is 0 Å². The molecule has 3 heterocycles. The summed E-state index contributed by atoms with van der Waals surface area (Å²) in [4.78, 5) is 48.3. The minimum atomic E-state index is -1.16. The second-order valence-corrected chi connectivity index (χ2v) is 16.5. The average Bonchev–Trinajstić information content (AvgIpc) is 3.65. The minimum absolute atomic E-state index is 0.00675. The molecule has 2 fully saturated rings. The number of carbonyl (C=O) groups is 3. The summed E-state index contributed by atoms with van der Waals surface area (Å²) >= 11 is 7.33. The highest BCUT2D eigenvalue weighted by Crippen LogP contribution is 2.42. The van der Waals surface area contributed by atoms with Crippen molar-refractivity contribution in [2.24, 2.45) is 0 Å². The molecule has 0 spiro atoms. The van der Waals surface area contributed by atoms with Gasteiger partial charge < -0.3 is 41.2 Å². The fourth-order valence-corrected chi connectivity index (χ4v) is 9.83. The Labute approximate surface area is 311 Å². The van der Waals surface area contributed by atoms with Gasteiger partial charge in [-0.25, -0.2) is 9.59 Å². The summed E-state index contributed by atoms with van der Waals surface area (Å²) < 4.78 is 5.86. The topological polar surface area (TPSA) is 185 Å². The standard InChI is InChI=1S/C35H37N5O7S4/c41-20-6-9-23-27(16-20)47-28-17-21(42)7-10-24(28)31(23)22-8-5-19(15-25(22)33(44)45)38-35(48)37-12-14-51-50-13-11-36-30(43)4-2-1-3-29-32-26(18-49-29)39-34(46)40-32/h5-10,15-17,26,29,32,41H,1-4,11-14,18H2,(H,36,43)(H,44,45)(H2,37,38,48)(H2,39,40,46)/p-1. The van der Waals surface area contributed by atoms with Crippen molar-refractivity contribution >= 4 is 85.2 Å². The largest absolute Gasteiger partial charge is 0.872 e. The maximum absolute atomic E-state index is 12.5. The molecule has 268 valence electrons. The number of carbonyl (C=O) groups excluding carboxylic acids is 2. The Morgan fingerprint density at radius 1 is 0.980 bits per heavy atom. The molecule has 4 aliphatic rings. The molecule has 2 aromatic carbocycles. The number of hydrogen-bond donors (Lipinski definition) is 6. The molecule has 0 bridgehead atoms. The molecule has 3 aliphatic heterocycles. The van der Waals surface area contributed by atoms with Gasteiger partial charge in [0.05, 0.1) is 17.6 Å². The first-order valence-corrected chi connectivity index (χ1v) is 20.4. The summed E-state index contributed by atoms with van der Waals surface area (Å²) in [5.41, 5.74) is 1.95. The maximum Gasteiger partial charge on any atom is 0.336 e. The van der Waals surface area contributed by atoms with E-state index in [4.69, 9.17) is 16.6 Å². The number of nitrogens with one attached hydrogen (secondary N) is 5. The van der Waals surface area contributed by atoms with E-state index >= 15 is 0 Å². The number of thiocarbonyl (C=S) groups is 1. The second kappa shape index (κ2) is 16.9. The molecule has 6 N–H and O–H groups in total. The van der Waals surface area contributed by atoms with E-state index in [0.29, 0.717) is 57.6 Å². The molecule has 16 heteroatoms. The van der Waals surface area contributed by atoms with Crippen molar-refractivity contribution in [3.05, 3.63) is 70.4 Å². The van der Waals surface area contributed by atoms with E-state index < -0.39 is 5.97 Å². The van der Waals surface area contributed by atoms with E-state index in [1.54, 1.807) is 45.9 Å². The number of aromatic carboxylic acids is 1. The van der Waals surface area contributed by atoms with E-state index in [2.05, 4.69) is 26.6 Å². The number of anilines is 1. The van der Waals surface area contributed by atoms with Crippen LogP contribution in [-0.2, 0) is 4.79 Å². The molecule has 6 rings (SSSR count). The second-order valence-electron chi connectivity index (χ2n) is 12.1. The van der Waals surface area contributed by atoms with Crippen LogP contribution in [0.3, 0.4) is 0 Å². The smallest absolute Gasteiger partial charge is 0.336 e. The van der Waals surface area contributed by atoms with Crippen molar-refractivity contribution < 1.29 is 29.0 Å². The number of amides is 3. The number of fused-ring (bicyclic) bond motifs is 3. The third-order valence-electron chi connectivity index (χ3n) is 8.58. The van der Waals surface area contributed by atoms with Crippen LogP contribution in [0.1, 0.15) is 36.0 Å². The lowest BCUT2D eigenvalue weighted by molar-refractivity contribution is -0.268. The first-order valence-electron chi connectivity index (χ1n) is 16.5. The Morgan fingerprint density at radius 3 is 2.57 bits per heavy atom. The van der Waals surface area contributed by atoms with Crippen molar-refractivity contribution in [3.8, 4) is 28.2 Å². The summed E-state index contributed by atoms with van der Waals surface area (Å²) in [6.07, 6.45) is 3.29. The van der Waals surface area contributed by atoms with Gasteiger partial charge in [-0.2, -0.15) is 11.8 Å². The highest BCUT2D eigenvalue weighted by molar-refractivity contribution is 8.76. The Morgan fingerprint density at radius 2 is 1.76 bits per heavy atom. The van der Waals surface area contributed by atoms with Crippen LogP contribution in [0.25, 0.3) is 33.4 Å². The molecule has 0 saturated carbocycles. The lowest BCUT2D eigenvalue weighted by atomic mass is 9.90. The fraction of sp³-hybridized carbons (Fsp3) is 0.343. The molecular formula is C35H36N5O7S4-. The van der Waals surface area contributed by atoms with Gasteiger partial charge in [-0.1, -0.05) is 46.2 Å². The third kappa shape index (κ3) is 9.22. The number of benzene rings is 3. The number of hydrogen-bond acceptors (Lipinski definition) is 10. The first kappa shape index (κ1) is 36.7. The Hall–Kier alpha value is -4.12. The summed E-state index contributed by atoms with van der Waals surface area (Å²) in [6, 6.07) is 13.8. The fourth-order valence-electron chi connectivity index (χ4n) is 6.25. The molecular weight excluding hydrogens is 731 g/mol. The van der Waals surface area contributed by atoms with Gasteiger partial charge >= 0.3 is 12.0 Å². The first-order chi connectivity index (χ1) is 24.7. The number of unbranched alkanes of at least 4 members (excludes halogenated alkanes) is 1. The van der Waals surface area contributed by atoms with E-state index in [0.717, 1.165) is 36.5 Å². The molecule has 3 amide bonds. The summed E-state index contributed by atoms with van der Waals surface area (Å²) in [7, 11) is 3.32. The monoisotopic (exact) mass is 766 g/mol. The van der Waals surface area contributed by atoms with Crippen LogP contribution in [0.15, 0.2) is 63.8 Å². The normalized spacial score (nSPS) is 17.9. The van der Waals surface area contributed by atoms with E-state index in [-0.39, 0.29) is 52.1 Å². The average molecular weight is 767 g/mol. The van der Waals surface area contributed by atoms with Gasteiger partial charge in [-0.15, -0.1) is 5.75 Å². The van der Waals surface area contributed by atoms with Gasteiger partial charge in [-0.3, -0.25) is 9.59 Å². The molecule has 0 radical (unpaired) electrons. The summed E-state index contributed by atoms with van der Waals surface area (Å²) in [6.45, 7) is 1.17. The zero-order chi connectivity index (χ0) is 35.9. The van der Waals surface area contributed by atoms with Crippen molar-refractivity contribution in [2.75, 3.05) is 35.7 Å². The third-order valence-corrected chi connectivity index (χ3v) is 12.7. The van der Waals surface area contributed by atoms with Crippen molar-refractivity contribution in [3.63, 3.8) is 0 Å². The highest BCUT2D eigenvalue weighted by Gasteiger charge is 2.42. The van der Waals surface area contributed by atoms with Crippen molar-refractivity contribution in [1.82, 2.24) is 21.3 Å². The van der Waals surface area contributed by atoms with Gasteiger partial charge in [0, 0.05) is 70.3 Å². The number of carboxylic acids is 1. The number of carboxylic acid groups (broad SMARTS) is 1. The van der Waals surface area contributed by atoms with Gasteiger partial charge in [0.25, 0.3) is 0 Å². The molecule has 2 aromatic rings. The van der Waals surface area contributed by atoms with E-state index in [9.17, 15) is 29.4 Å². The highest BCUT2D eigenvalue weighted by atomic mass is 33.1. The number of rotatable bonds is 15. The Bertz CT molecular complexity index is 1970. The van der Waals surface area contributed by atoms with Crippen LogP contribution in [0.4, 0.5) is 10.5 Å². The number of thioether (sulfide) groups is 1. The molecule has 3 atom stereocenters. The maximum atomic E-state index is 12.5. The summed E-state index contributed by atoms with van der Waals surface area (Å²) in [5, 5.41) is 38.7. The predicted octanol–water partition coefficient (Wildman–Crippen LogP) is 4.85. The van der Waals surface area contributed by atoms with Crippen LogP contribution in [0.5, 0.6) is 5.75 Å². The zero-order valence-corrected chi connectivity index (χ0v) is 30.6. The lowest BCUT2D eigenvalue weighted by Gasteiger charge is -2.18. The Kier molecular flexibility index (Phi) is 12.2. The van der Waals surface area contributed by atoms with Crippen molar-refractivity contribution in [2.45, 2.75) is 43.0 Å². The van der Waals surface area contributed by atoms with E-state index in [1.165, 1.54) is 30.3 Å². The van der Waals surface area contributed by atoms with Crippen molar-refractivity contribution in [1.29, 1.82) is 0 Å². The van der Waals surface area contributed by atoms with Crippen LogP contribution < -0.4 is 37.1 Å². The molecule has 0 aromatic heterocycles. The summed E-state index contributed by atoms with van der Waals surface area (Å²) in [5.74, 6) is 1.35. The van der Waals surface area contributed by atoms with Gasteiger partial charge in [0.15, 0.2) is 10.5 Å².